The average molecular weight is 589 g/mol. The number of hydrogen-bond donors (Lipinski definition) is 0. The molecule has 1 aliphatic carbocycles. The predicted molar refractivity (Wildman–Crippen MR) is 143 cm³/mol. The van der Waals surface area contributed by atoms with Crippen molar-refractivity contribution in [3.05, 3.63) is 88.5 Å². The molecule has 3 aromatic rings. The van der Waals surface area contributed by atoms with Crippen LogP contribution < -0.4 is 24.8 Å². The third-order valence-corrected chi connectivity index (χ3v) is 5.99. The fourth-order valence-electron chi connectivity index (χ4n) is 3.90. The maximum atomic E-state index is 3.67. The summed E-state index contributed by atoms with van der Waals surface area (Å²) >= 11 is 1.51. The standard InChI is InChI=1S/C21H25.C9H13.C2H4.2ClH.Zr/c1-20(2,3)16-7-9-18-14(12-16)11-15-13-17(21(4,5)6)8-10-19(15)18;1-9(2,3)8-6-4-5-7-8;1-2;;;/h7-10,12H,11H2,1-6H3;4-7H,1-3H3;1H,2H3;2*1H;/q2*-1;;;;+2/p-2. The molecule has 0 N–H and O–H groups in total. The van der Waals surface area contributed by atoms with E-state index in [2.05, 4.69) is 127 Å². The summed E-state index contributed by atoms with van der Waals surface area (Å²) in [7, 11) is 0. The normalized spacial score (nSPS) is 11.9. The van der Waals surface area contributed by atoms with Gasteiger partial charge in [-0.2, -0.15) is 41.5 Å². The van der Waals surface area contributed by atoms with Gasteiger partial charge in [-0.3, -0.25) is 0 Å². The van der Waals surface area contributed by atoms with Gasteiger partial charge in [0.25, 0.3) is 0 Å². The molecule has 0 heterocycles. The molecule has 0 aliphatic heterocycles. The Hall–Kier alpha value is -0.877. The molecule has 0 atom stereocenters. The van der Waals surface area contributed by atoms with Crippen molar-refractivity contribution in [1.82, 2.24) is 0 Å². The van der Waals surface area contributed by atoms with Crippen LogP contribution in [0.2, 0.25) is 0 Å². The Kier molecular flexibility index (Phi) is 13.3. The van der Waals surface area contributed by atoms with Crippen molar-refractivity contribution in [3.63, 3.8) is 0 Å². The van der Waals surface area contributed by atoms with Crippen LogP contribution >= 0.6 is 0 Å². The van der Waals surface area contributed by atoms with E-state index in [1.165, 1.54) is 63.2 Å². The molecule has 0 aromatic heterocycles. The second kappa shape index (κ2) is 13.6. The molecule has 0 fully saturated rings. The molecule has 0 saturated heterocycles. The van der Waals surface area contributed by atoms with Crippen molar-refractivity contribution in [3.8, 4) is 11.1 Å². The maximum absolute atomic E-state index is 3.67. The van der Waals surface area contributed by atoms with Gasteiger partial charge in [0, 0.05) is 0 Å². The van der Waals surface area contributed by atoms with E-state index in [9.17, 15) is 0 Å². The first-order valence-electron chi connectivity index (χ1n) is 12.0. The largest absolute Gasteiger partial charge is 1.00 e. The molecule has 0 saturated carbocycles. The zero-order valence-electron chi connectivity index (χ0n) is 23.2. The van der Waals surface area contributed by atoms with Crippen molar-refractivity contribution in [2.24, 2.45) is 0 Å². The van der Waals surface area contributed by atoms with Gasteiger partial charge in [0.05, 0.1) is 0 Å². The number of rotatable bonds is 0. The first kappa shape index (κ1) is 34.1. The van der Waals surface area contributed by atoms with Crippen LogP contribution in [-0.4, -0.2) is 3.71 Å². The number of fused-ring (bicyclic) bond motifs is 3. The number of halogens is 2. The van der Waals surface area contributed by atoms with E-state index in [0.29, 0.717) is 5.41 Å². The second-order valence-corrected chi connectivity index (χ2v) is 13.4. The molecule has 3 heteroatoms. The van der Waals surface area contributed by atoms with Gasteiger partial charge in [0.2, 0.25) is 0 Å². The summed E-state index contributed by atoms with van der Waals surface area (Å²) in [5.74, 6) is 0. The molecule has 190 valence electrons. The van der Waals surface area contributed by atoms with E-state index >= 15 is 0 Å². The van der Waals surface area contributed by atoms with Gasteiger partial charge in [-0.15, -0.1) is 11.1 Å². The van der Waals surface area contributed by atoms with Crippen LogP contribution in [0, 0.1) is 6.07 Å². The summed E-state index contributed by atoms with van der Waals surface area (Å²) in [6, 6.07) is 23.7. The molecule has 1 aliphatic rings. The van der Waals surface area contributed by atoms with Crippen molar-refractivity contribution in [1.29, 1.82) is 0 Å². The quantitative estimate of drug-likeness (QED) is 0.277. The van der Waals surface area contributed by atoms with Gasteiger partial charge in [0.1, 0.15) is 0 Å². The van der Waals surface area contributed by atoms with E-state index in [0.717, 1.165) is 6.42 Å². The second-order valence-electron chi connectivity index (χ2n) is 12.0. The maximum Gasteiger partial charge on any atom is -1.00 e. The fourth-order valence-corrected chi connectivity index (χ4v) is 3.90. The summed E-state index contributed by atoms with van der Waals surface area (Å²) in [4.78, 5) is 0. The van der Waals surface area contributed by atoms with Gasteiger partial charge in [0.15, 0.2) is 0 Å². The monoisotopic (exact) mass is 586 g/mol. The minimum Gasteiger partial charge on any atom is -1.00 e. The van der Waals surface area contributed by atoms with Gasteiger partial charge in [-0.05, 0) is 28.4 Å². The molecular formula is C32H42Cl2Zr-2. The molecule has 0 radical (unpaired) electrons. The fraction of sp³-hybridized carbons (Fsp3) is 0.438. The number of benzene rings is 2. The van der Waals surface area contributed by atoms with Crippen LogP contribution in [0.25, 0.3) is 11.1 Å². The molecule has 3 aromatic carbocycles. The zero-order valence-corrected chi connectivity index (χ0v) is 27.2. The average Bonchev–Trinajstić information content (AvgIpc) is 3.34. The van der Waals surface area contributed by atoms with E-state index in [1.54, 1.807) is 0 Å². The van der Waals surface area contributed by atoms with E-state index < -0.39 is 0 Å². The molecule has 0 spiro atoms. The van der Waals surface area contributed by atoms with Crippen molar-refractivity contribution < 1.29 is 49.0 Å². The Morgan fingerprint density at radius 2 is 1.31 bits per heavy atom. The summed E-state index contributed by atoms with van der Waals surface area (Å²) < 4.78 is 2.09. The smallest absolute Gasteiger partial charge is 1.00 e. The van der Waals surface area contributed by atoms with Crippen LogP contribution in [0.3, 0.4) is 0 Å². The van der Waals surface area contributed by atoms with Gasteiger partial charge >= 0.3 is 34.9 Å². The number of hydrogen-bond acceptors (Lipinski definition) is 0. The summed E-state index contributed by atoms with van der Waals surface area (Å²) in [5, 5.41) is 0. The van der Waals surface area contributed by atoms with Crippen LogP contribution in [0.5, 0.6) is 0 Å². The Morgan fingerprint density at radius 1 is 0.800 bits per heavy atom. The third-order valence-electron chi connectivity index (χ3n) is 5.99. The Balaban J connectivity index is 0.000000698. The Labute approximate surface area is 242 Å². The third kappa shape index (κ3) is 9.50. The molecule has 4 rings (SSSR count). The van der Waals surface area contributed by atoms with Crippen molar-refractivity contribution >= 4 is 3.71 Å². The van der Waals surface area contributed by atoms with Crippen LogP contribution in [0.15, 0.2) is 54.6 Å². The van der Waals surface area contributed by atoms with E-state index in [4.69, 9.17) is 0 Å². The molecule has 0 unspecified atom stereocenters. The molecule has 0 amide bonds. The van der Waals surface area contributed by atoms with Crippen LogP contribution in [0.1, 0.15) is 97.1 Å². The summed E-state index contributed by atoms with van der Waals surface area (Å²) in [5.41, 5.74) is 10.4. The van der Waals surface area contributed by atoms with Gasteiger partial charge < -0.3 is 24.8 Å². The summed E-state index contributed by atoms with van der Waals surface area (Å²) in [6.45, 7) is 22.3. The Bertz CT molecular complexity index is 995. The SMILES string of the molecule is CC(C)(C)[c-]1cccc1.CC(C)(C)c1[c-]c2c(cc1)-c1ccc(C(C)(C)C)cc1C2.C[CH]=[Zr+2].[Cl-].[Cl-]. The summed E-state index contributed by atoms with van der Waals surface area (Å²) in [6.07, 6.45) is 1.03. The first-order valence-corrected chi connectivity index (χ1v) is 13.5. The van der Waals surface area contributed by atoms with Crippen LogP contribution in [-0.2, 0) is 46.9 Å². The topological polar surface area (TPSA) is 0 Å². The van der Waals surface area contributed by atoms with Crippen molar-refractivity contribution in [2.75, 3.05) is 0 Å². The Morgan fingerprint density at radius 3 is 1.74 bits per heavy atom. The molecular weight excluding hydrogens is 546 g/mol. The molecule has 35 heavy (non-hydrogen) atoms. The van der Waals surface area contributed by atoms with Gasteiger partial charge in [-0.25, -0.2) is 12.1 Å². The van der Waals surface area contributed by atoms with Crippen molar-refractivity contribution in [2.45, 2.75) is 91.9 Å². The molecule has 0 nitrogen and oxygen atoms in total. The first-order chi connectivity index (χ1) is 15.2. The minimum absolute atomic E-state index is 0. The van der Waals surface area contributed by atoms with E-state index in [-0.39, 0.29) is 35.6 Å². The predicted octanol–water partition coefficient (Wildman–Crippen LogP) is 2.72. The zero-order chi connectivity index (χ0) is 25.0. The molecule has 0 bridgehead atoms. The van der Waals surface area contributed by atoms with Gasteiger partial charge in [-0.1, -0.05) is 91.5 Å². The van der Waals surface area contributed by atoms with E-state index in [1.807, 2.05) is 6.92 Å². The van der Waals surface area contributed by atoms with Crippen LogP contribution in [0.4, 0.5) is 0 Å². The minimum atomic E-state index is 0.